The molecule has 228 valence electrons. The molecule has 2 aromatic heterocycles. The second-order valence-electron chi connectivity index (χ2n) is 11.6. The summed E-state index contributed by atoms with van der Waals surface area (Å²) in [6.45, 7) is 1.02. The number of likely N-dealkylation sites (tertiary alicyclic amines) is 1. The molecule has 0 radical (unpaired) electrons. The van der Waals surface area contributed by atoms with Gasteiger partial charge in [-0.25, -0.2) is 9.78 Å². The number of amides is 3. The van der Waals surface area contributed by atoms with E-state index in [2.05, 4.69) is 43.4 Å². The molecule has 10 nitrogen and oxygen atoms in total. The highest BCUT2D eigenvalue weighted by molar-refractivity contribution is 6.32. The molecule has 3 amide bonds. The Morgan fingerprint density at radius 2 is 1.73 bits per heavy atom. The van der Waals surface area contributed by atoms with Crippen LogP contribution in [0.5, 0.6) is 0 Å². The van der Waals surface area contributed by atoms with E-state index in [1.165, 1.54) is 0 Å². The van der Waals surface area contributed by atoms with Crippen molar-refractivity contribution >= 4 is 69.0 Å². The van der Waals surface area contributed by atoms with Gasteiger partial charge in [0.2, 0.25) is 11.9 Å². The van der Waals surface area contributed by atoms with Gasteiger partial charge in [-0.2, -0.15) is 4.98 Å². The second kappa shape index (κ2) is 12.1. The number of halogens is 1. The Hall–Kier alpha value is -5.09. The van der Waals surface area contributed by atoms with E-state index in [0.29, 0.717) is 42.7 Å². The lowest BCUT2D eigenvalue weighted by atomic mass is 9.95. The molecule has 0 aliphatic carbocycles. The maximum Gasteiger partial charge on any atom is 0.321 e. The third kappa shape index (κ3) is 6.14. The summed E-state index contributed by atoms with van der Waals surface area (Å²) < 4.78 is 2.03. The van der Waals surface area contributed by atoms with E-state index in [0.717, 1.165) is 57.6 Å². The number of rotatable bonds is 3. The van der Waals surface area contributed by atoms with Crippen LogP contribution in [0.25, 0.3) is 10.9 Å². The van der Waals surface area contributed by atoms with E-state index < -0.39 is 0 Å². The Balaban J connectivity index is 1.04. The van der Waals surface area contributed by atoms with Crippen molar-refractivity contribution in [2.24, 2.45) is 13.0 Å². The van der Waals surface area contributed by atoms with E-state index in [9.17, 15) is 9.59 Å². The van der Waals surface area contributed by atoms with Gasteiger partial charge < -0.3 is 30.7 Å². The highest BCUT2D eigenvalue weighted by Gasteiger charge is 2.28. The number of carbonyl (C=O) groups excluding carboxylic acids is 2. The fraction of sp³-hybridized carbons (Fsp3) is 0.235. The number of benzene rings is 3. The lowest BCUT2D eigenvalue weighted by Crippen LogP contribution is -2.43. The summed E-state index contributed by atoms with van der Waals surface area (Å²) in [4.78, 5) is 37.3. The summed E-state index contributed by atoms with van der Waals surface area (Å²) in [7, 11) is 1.98. The van der Waals surface area contributed by atoms with Gasteiger partial charge in [0.1, 0.15) is 5.02 Å². The van der Waals surface area contributed by atoms with E-state index in [1.807, 2.05) is 72.4 Å². The van der Waals surface area contributed by atoms with Crippen LogP contribution < -0.4 is 21.3 Å². The Bertz CT molecular complexity index is 1910. The van der Waals surface area contributed by atoms with Gasteiger partial charge in [0.15, 0.2) is 5.82 Å². The predicted octanol–water partition coefficient (Wildman–Crippen LogP) is 7.09. The van der Waals surface area contributed by atoms with Crippen LogP contribution in [0.4, 0.5) is 39.3 Å². The normalized spacial score (nSPS) is 14.8. The van der Waals surface area contributed by atoms with Crippen molar-refractivity contribution in [2.75, 3.05) is 34.4 Å². The highest BCUT2D eigenvalue weighted by atomic mass is 35.5. The molecule has 4 N–H and O–H groups in total. The van der Waals surface area contributed by atoms with Crippen molar-refractivity contribution in [3.63, 3.8) is 0 Å². The molecular formula is C34H33ClN8O2. The lowest BCUT2D eigenvalue weighted by molar-refractivity contribution is -0.121. The molecule has 2 aliphatic heterocycles. The molecule has 5 aromatic rings. The molecular weight excluding hydrogens is 588 g/mol. The van der Waals surface area contributed by atoms with Crippen LogP contribution in [0.2, 0.25) is 5.02 Å². The average molecular weight is 621 g/mol. The molecule has 0 unspecified atom stereocenters. The number of nitrogens with zero attached hydrogens (tertiary/aromatic N) is 4. The fourth-order valence-corrected chi connectivity index (χ4v) is 6.19. The van der Waals surface area contributed by atoms with Crippen LogP contribution in [-0.4, -0.2) is 44.5 Å². The maximum atomic E-state index is 13.5. The number of aryl methyl sites for hydroxylation is 3. The molecule has 1 saturated heterocycles. The van der Waals surface area contributed by atoms with E-state index >= 15 is 0 Å². The monoisotopic (exact) mass is 620 g/mol. The summed E-state index contributed by atoms with van der Waals surface area (Å²) in [5, 5.41) is 14.2. The van der Waals surface area contributed by atoms with Crippen LogP contribution in [0, 0.1) is 5.92 Å². The van der Waals surface area contributed by atoms with Crippen LogP contribution in [-0.2, 0) is 24.7 Å². The Kier molecular flexibility index (Phi) is 7.72. The number of urea groups is 1. The average Bonchev–Trinajstić information content (AvgIpc) is 3.44. The highest BCUT2D eigenvalue weighted by Crippen LogP contribution is 2.31. The third-order valence-electron chi connectivity index (χ3n) is 8.56. The summed E-state index contributed by atoms with van der Waals surface area (Å²) >= 11 is 6.41. The zero-order valence-corrected chi connectivity index (χ0v) is 25.6. The van der Waals surface area contributed by atoms with Gasteiger partial charge in [-0.05, 0) is 85.3 Å². The van der Waals surface area contributed by atoms with Crippen molar-refractivity contribution in [1.29, 1.82) is 0 Å². The first kappa shape index (κ1) is 28.7. The maximum absolute atomic E-state index is 13.5. The first-order valence-electron chi connectivity index (χ1n) is 15.1. The Morgan fingerprint density at radius 3 is 2.60 bits per heavy atom. The summed E-state index contributed by atoms with van der Waals surface area (Å²) in [6.07, 6.45) is 6.24. The minimum absolute atomic E-state index is 0.0290. The molecule has 0 atom stereocenters. The fourth-order valence-electron chi connectivity index (χ4n) is 6.05. The molecule has 4 heterocycles. The number of hydrogen-bond donors (Lipinski definition) is 4. The SMILES string of the molecule is Cn1ccc2c(NC(=O)N3CCC(C(=O)Nc4ccc5cc4CCc4cccc(c4)Nc4ncc(Cl)c(n4)N5)CC3)cccc21. The van der Waals surface area contributed by atoms with Gasteiger partial charge in [-0.15, -0.1) is 0 Å². The molecule has 1 fully saturated rings. The van der Waals surface area contributed by atoms with Gasteiger partial charge >= 0.3 is 6.03 Å². The molecule has 0 spiro atoms. The quantitative estimate of drug-likeness (QED) is 0.171. The van der Waals surface area contributed by atoms with Crippen molar-refractivity contribution < 1.29 is 9.59 Å². The number of carbonyl (C=O) groups is 2. The molecule has 45 heavy (non-hydrogen) atoms. The van der Waals surface area contributed by atoms with Crippen LogP contribution in [0.1, 0.15) is 24.0 Å². The Morgan fingerprint density at radius 1 is 0.911 bits per heavy atom. The van der Waals surface area contributed by atoms with Crippen LogP contribution in [0.15, 0.2) is 79.1 Å². The van der Waals surface area contributed by atoms with E-state index in [1.54, 1.807) is 11.1 Å². The van der Waals surface area contributed by atoms with Gasteiger partial charge in [0.25, 0.3) is 0 Å². The first-order valence-corrected chi connectivity index (χ1v) is 15.5. The van der Waals surface area contributed by atoms with Gasteiger partial charge in [-0.3, -0.25) is 4.79 Å². The summed E-state index contributed by atoms with van der Waals surface area (Å²) in [5.41, 5.74) is 6.48. The van der Waals surface area contributed by atoms with Crippen molar-refractivity contribution in [2.45, 2.75) is 25.7 Å². The Labute approximate surface area is 265 Å². The molecule has 2 aliphatic rings. The van der Waals surface area contributed by atoms with Gasteiger partial charge in [0.05, 0.1) is 11.9 Å². The standard InChI is InChI=1S/C34H33ClN8O2/c1-42-15-14-26-29(6-3-7-30(26)42)40-34(45)43-16-12-22(13-17-43)32(44)39-28-11-10-25-19-23(28)9-8-21-4-2-5-24(18-21)38-33-36-20-27(35)31(37-25)41-33/h2-7,10-11,14-15,18-20,22H,8-9,12-13,16-17H2,1H3,(H,39,44)(H,40,45)(H2,36,37,38,41). The molecule has 11 heteroatoms. The molecule has 3 aromatic carbocycles. The van der Waals surface area contributed by atoms with Crippen molar-refractivity contribution in [1.82, 2.24) is 19.4 Å². The summed E-state index contributed by atoms with van der Waals surface area (Å²) in [5.74, 6) is 0.717. The third-order valence-corrected chi connectivity index (χ3v) is 8.84. The molecule has 6 bridgehead atoms. The van der Waals surface area contributed by atoms with Crippen LogP contribution in [0.3, 0.4) is 0 Å². The minimum atomic E-state index is -0.188. The largest absolute Gasteiger partial charge is 0.350 e. The van der Waals surface area contributed by atoms with Crippen molar-refractivity contribution in [3.8, 4) is 0 Å². The topological polar surface area (TPSA) is 116 Å². The number of anilines is 6. The number of aromatic nitrogens is 3. The lowest BCUT2D eigenvalue weighted by Gasteiger charge is -2.31. The molecule has 0 saturated carbocycles. The number of hydrogen-bond acceptors (Lipinski definition) is 6. The van der Waals surface area contributed by atoms with Crippen LogP contribution >= 0.6 is 11.6 Å². The summed E-state index contributed by atoms with van der Waals surface area (Å²) in [6, 6.07) is 21.7. The number of piperidine rings is 1. The minimum Gasteiger partial charge on any atom is -0.350 e. The van der Waals surface area contributed by atoms with Crippen molar-refractivity contribution in [3.05, 3.63) is 95.3 Å². The number of nitrogens with one attached hydrogen (secondary N) is 4. The first-order chi connectivity index (χ1) is 21.9. The number of fused-ring (bicyclic) bond motifs is 7. The van der Waals surface area contributed by atoms with Gasteiger partial charge in [0, 0.05) is 60.2 Å². The van der Waals surface area contributed by atoms with E-state index in [-0.39, 0.29) is 17.9 Å². The molecule has 7 rings (SSSR count). The zero-order valence-electron chi connectivity index (χ0n) is 24.8. The predicted molar refractivity (Wildman–Crippen MR) is 179 cm³/mol. The van der Waals surface area contributed by atoms with E-state index in [4.69, 9.17) is 11.6 Å². The second-order valence-corrected chi connectivity index (χ2v) is 12.0. The smallest absolute Gasteiger partial charge is 0.321 e. The zero-order chi connectivity index (χ0) is 30.9. The van der Waals surface area contributed by atoms with Gasteiger partial charge in [-0.1, -0.05) is 29.8 Å².